The molecule has 3 rings (SSSR count). The maximum absolute atomic E-state index is 14.6. The van der Waals surface area contributed by atoms with Gasteiger partial charge in [0.2, 0.25) is 10.0 Å². The molecular weight excluding hydrogens is 398 g/mol. The van der Waals surface area contributed by atoms with Gasteiger partial charge in [-0.05, 0) is 36.5 Å². The van der Waals surface area contributed by atoms with E-state index in [0.717, 1.165) is 30.2 Å². The van der Waals surface area contributed by atoms with E-state index in [9.17, 15) is 26.0 Å². The molecule has 2 atom stereocenters. The second-order valence-corrected chi connectivity index (χ2v) is 8.66. The third kappa shape index (κ3) is 4.30. The van der Waals surface area contributed by atoms with Crippen LogP contribution in [0, 0.1) is 11.7 Å². The summed E-state index contributed by atoms with van der Waals surface area (Å²) in [6.07, 6.45) is -3.81. The molecule has 9 heteroatoms. The standard InChI is InChI=1S/C19H19F4NO3S/c1-13-10-11-15(14-6-3-2-4-7-14)24(12-13)28(25,26)17-9-5-8-16(18(17)20)27-19(21,22)23/h2-9,13,15H,10-12H2,1H3. The van der Waals surface area contributed by atoms with Gasteiger partial charge in [-0.2, -0.15) is 4.31 Å². The van der Waals surface area contributed by atoms with Crippen molar-refractivity contribution in [2.24, 2.45) is 5.92 Å². The minimum atomic E-state index is -5.13. The van der Waals surface area contributed by atoms with Gasteiger partial charge in [-0.1, -0.05) is 43.3 Å². The highest BCUT2D eigenvalue weighted by Gasteiger charge is 2.39. The molecule has 1 fully saturated rings. The molecule has 2 unspecified atom stereocenters. The number of piperidine rings is 1. The highest BCUT2D eigenvalue weighted by atomic mass is 32.2. The fraction of sp³-hybridized carbons (Fsp3) is 0.368. The molecular formula is C19H19F4NO3S. The Kier molecular flexibility index (Phi) is 5.67. The molecule has 28 heavy (non-hydrogen) atoms. The third-order valence-corrected chi connectivity index (χ3v) is 6.59. The van der Waals surface area contributed by atoms with Crippen molar-refractivity contribution in [1.82, 2.24) is 4.31 Å². The summed E-state index contributed by atoms with van der Waals surface area (Å²) in [6.45, 7) is 2.02. The van der Waals surface area contributed by atoms with E-state index in [2.05, 4.69) is 4.74 Å². The van der Waals surface area contributed by atoms with Crippen LogP contribution in [0.1, 0.15) is 31.4 Å². The lowest BCUT2D eigenvalue weighted by Gasteiger charge is -2.38. The number of nitrogens with zero attached hydrogens (tertiary/aromatic N) is 1. The first kappa shape index (κ1) is 20.6. The smallest absolute Gasteiger partial charge is 0.403 e. The molecule has 152 valence electrons. The largest absolute Gasteiger partial charge is 0.573 e. The van der Waals surface area contributed by atoms with Gasteiger partial charge in [-0.15, -0.1) is 13.2 Å². The van der Waals surface area contributed by atoms with Crippen LogP contribution in [0.2, 0.25) is 0 Å². The van der Waals surface area contributed by atoms with Gasteiger partial charge in [0.25, 0.3) is 0 Å². The summed E-state index contributed by atoms with van der Waals surface area (Å²) in [5, 5.41) is 0. The predicted molar refractivity (Wildman–Crippen MR) is 94.6 cm³/mol. The molecule has 0 N–H and O–H groups in total. The number of alkyl halides is 3. The quantitative estimate of drug-likeness (QED) is 0.666. The van der Waals surface area contributed by atoms with Crippen LogP contribution < -0.4 is 4.74 Å². The second-order valence-electron chi connectivity index (χ2n) is 6.80. The Morgan fingerprint density at radius 1 is 1.04 bits per heavy atom. The van der Waals surface area contributed by atoms with Crippen LogP contribution in [-0.4, -0.2) is 25.6 Å². The summed E-state index contributed by atoms with van der Waals surface area (Å²) in [7, 11) is -4.39. The second kappa shape index (κ2) is 7.71. The van der Waals surface area contributed by atoms with Crippen molar-refractivity contribution in [3.63, 3.8) is 0 Å². The fourth-order valence-electron chi connectivity index (χ4n) is 3.41. The molecule has 1 saturated heterocycles. The van der Waals surface area contributed by atoms with Crippen molar-refractivity contribution in [1.29, 1.82) is 0 Å². The molecule has 0 aromatic heterocycles. The zero-order valence-corrected chi connectivity index (χ0v) is 15.8. The Balaban J connectivity index is 2.04. The monoisotopic (exact) mass is 417 g/mol. The Bertz CT molecular complexity index is 932. The van der Waals surface area contributed by atoms with Crippen molar-refractivity contribution in [3.8, 4) is 5.75 Å². The van der Waals surface area contributed by atoms with Gasteiger partial charge < -0.3 is 4.74 Å². The van der Waals surface area contributed by atoms with Crippen molar-refractivity contribution in [2.75, 3.05) is 6.54 Å². The molecule has 0 radical (unpaired) electrons. The van der Waals surface area contributed by atoms with E-state index in [4.69, 9.17) is 0 Å². The molecule has 2 aromatic carbocycles. The minimum Gasteiger partial charge on any atom is -0.403 e. The number of halogens is 4. The van der Waals surface area contributed by atoms with E-state index in [-0.39, 0.29) is 12.5 Å². The topological polar surface area (TPSA) is 46.6 Å². The number of benzene rings is 2. The normalized spacial score (nSPS) is 21.5. The van der Waals surface area contributed by atoms with Gasteiger partial charge in [0, 0.05) is 6.54 Å². The average molecular weight is 417 g/mol. The van der Waals surface area contributed by atoms with Crippen LogP contribution in [0.25, 0.3) is 0 Å². The number of hydrogen-bond donors (Lipinski definition) is 0. The van der Waals surface area contributed by atoms with Crippen LogP contribution in [0.3, 0.4) is 0 Å². The summed E-state index contributed by atoms with van der Waals surface area (Å²) in [5.74, 6) is -2.69. The van der Waals surface area contributed by atoms with Crippen LogP contribution >= 0.6 is 0 Å². The minimum absolute atomic E-state index is 0.0346. The van der Waals surface area contributed by atoms with Gasteiger partial charge in [0.15, 0.2) is 11.6 Å². The molecule has 1 aliphatic rings. The highest BCUT2D eigenvalue weighted by molar-refractivity contribution is 7.89. The lowest BCUT2D eigenvalue weighted by atomic mass is 9.92. The molecule has 0 bridgehead atoms. The third-order valence-electron chi connectivity index (χ3n) is 4.70. The Morgan fingerprint density at radius 2 is 1.71 bits per heavy atom. The van der Waals surface area contributed by atoms with Crippen LogP contribution in [0.15, 0.2) is 53.4 Å². The molecule has 0 amide bonds. The average Bonchev–Trinajstić information content (AvgIpc) is 2.63. The van der Waals surface area contributed by atoms with Crippen molar-refractivity contribution in [3.05, 3.63) is 59.9 Å². The first-order valence-corrected chi connectivity index (χ1v) is 10.1. The fourth-order valence-corrected chi connectivity index (χ4v) is 5.25. The summed E-state index contributed by atoms with van der Waals surface area (Å²) in [4.78, 5) is -0.829. The summed E-state index contributed by atoms with van der Waals surface area (Å²) in [5.41, 5.74) is 0.751. The first-order chi connectivity index (χ1) is 13.1. The lowest BCUT2D eigenvalue weighted by Crippen LogP contribution is -2.41. The molecule has 2 aromatic rings. The van der Waals surface area contributed by atoms with Gasteiger partial charge in [0.1, 0.15) is 4.90 Å². The van der Waals surface area contributed by atoms with Crippen molar-refractivity contribution >= 4 is 10.0 Å². The molecule has 1 heterocycles. The number of hydrogen-bond acceptors (Lipinski definition) is 3. The number of ether oxygens (including phenoxy) is 1. The van der Waals surface area contributed by atoms with Crippen LogP contribution in [0.4, 0.5) is 17.6 Å². The predicted octanol–water partition coefficient (Wildman–Crippen LogP) is 4.89. The Morgan fingerprint density at radius 3 is 2.36 bits per heavy atom. The number of sulfonamides is 1. The van der Waals surface area contributed by atoms with E-state index in [1.165, 1.54) is 4.31 Å². The Hall–Kier alpha value is -2.13. The summed E-state index contributed by atoms with van der Waals surface area (Å²) < 4.78 is 83.3. The lowest BCUT2D eigenvalue weighted by molar-refractivity contribution is -0.275. The molecule has 4 nitrogen and oxygen atoms in total. The summed E-state index contributed by atoms with van der Waals surface area (Å²) in [6, 6.07) is 11.1. The zero-order valence-electron chi connectivity index (χ0n) is 15.0. The Labute approximate surface area is 160 Å². The number of rotatable bonds is 4. The molecule has 0 spiro atoms. The maximum Gasteiger partial charge on any atom is 0.573 e. The maximum atomic E-state index is 14.6. The van der Waals surface area contributed by atoms with E-state index < -0.39 is 38.9 Å². The van der Waals surface area contributed by atoms with Gasteiger partial charge in [0.05, 0.1) is 6.04 Å². The van der Waals surface area contributed by atoms with E-state index >= 15 is 0 Å². The van der Waals surface area contributed by atoms with Gasteiger partial charge >= 0.3 is 6.36 Å². The summed E-state index contributed by atoms with van der Waals surface area (Å²) >= 11 is 0. The van der Waals surface area contributed by atoms with Crippen molar-refractivity contribution in [2.45, 2.75) is 37.1 Å². The van der Waals surface area contributed by atoms with Gasteiger partial charge in [-0.25, -0.2) is 12.8 Å². The van der Waals surface area contributed by atoms with Crippen LogP contribution in [-0.2, 0) is 10.0 Å². The van der Waals surface area contributed by atoms with E-state index in [1.807, 2.05) is 6.92 Å². The molecule has 1 aliphatic heterocycles. The molecule has 0 saturated carbocycles. The van der Waals surface area contributed by atoms with E-state index in [1.54, 1.807) is 30.3 Å². The van der Waals surface area contributed by atoms with Crippen LogP contribution in [0.5, 0.6) is 5.75 Å². The highest BCUT2D eigenvalue weighted by Crippen LogP contribution is 2.39. The van der Waals surface area contributed by atoms with Crippen molar-refractivity contribution < 1.29 is 30.7 Å². The zero-order chi connectivity index (χ0) is 20.5. The first-order valence-electron chi connectivity index (χ1n) is 8.70. The van der Waals surface area contributed by atoms with Gasteiger partial charge in [-0.3, -0.25) is 0 Å². The van der Waals surface area contributed by atoms with E-state index in [0.29, 0.717) is 6.42 Å². The molecule has 0 aliphatic carbocycles. The SMILES string of the molecule is CC1CCC(c2ccccc2)N(S(=O)(=O)c2cccc(OC(F)(F)F)c2F)C1.